The van der Waals surface area contributed by atoms with Gasteiger partial charge in [0.2, 0.25) is 5.95 Å². The van der Waals surface area contributed by atoms with Gasteiger partial charge in [-0.1, -0.05) is 23.7 Å². The van der Waals surface area contributed by atoms with E-state index in [2.05, 4.69) is 20.6 Å². The largest absolute Gasteiger partial charge is 0.495 e. The first-order chi connectivity index (χ1) is 10.7. The topological polar surface area (TPSA) is 79.0 Å². The van der Waals surface area contributed by atoms with Crippen LogP contribution in [0.15, 0.2) is 42.5 Å². The number of methoxy groups -OCH3 is 1. The van der Waals surface area contributed by atoms with E-state index < -0.39 is 6.03 Å². The van der Waals surface area contributed by atoms with Crippen molar-refractivity contribution in [1.82, 2.24) is 9.97 Å². The van der Waals surface area contributed by atoms with Crippen LogP contribution in [0, 0.1) is 0 Å². The molecule has 0 unspecified atom stereocenters. The van der Waals surface area contributed by atoms with Crippen LogP contribution < -0.4 is 15.4 Å². The highest BCUT2D eigenvalue weighted by Crippen LogP contribution is 2.27. The molecule has 112 valence electrons. The van der Waals surface area contributed by atoms with E-state index in [1.165, 1.54) is 7.11 Å². The molecule has 0 bridgehead atoms. The molecule has 0 aliphatic carbocycles. The van der Waals surface area contributed by atoms with E-state index >= 15 is 0 Å². The fourth-order valence-corrected chi connectivity index (χ4v) is 2.28. The predicted molar refractivity (Wildman–Crippen MR) is 86.7 cm³/mol. The van der Waals surface area contributed by atoms with Gasteiger partial charge in [0.05, 0.1) is 23.2 Å². The smallest absolute Gasteiger partial charge is 0.326 e. The molecular weight excluding hydrogens is 304 g/mol. The highest BCUT2D eigenvalue weighted by atomic mass is 35.5. The van der Waals surface area contributed by atoms with Crippen LogP contribution >= 0.6 is 11.6 Å². The number of hydrogen-bond acceptors (Lipinski definition) is 3. The van der Waals surface area contributed by atoms with E-state index in [-0.39, 0.29) is 0 Å². The number of carbonyl (C=O) groups is 1. The van der Waals surface area contributed by atoms with Crippen LogP contribution in [0.1, 0.15) is 0 Å². The Kier molecular flexibility index (Phi) is 3.84. The zero-order valence-corrected chi connectivity index (χ0v) is 12.4. The summed E-state index contributed by atoms with van der Waals surface area (Å²) in [6.45, 7) is 0. The zero-order chi connectivity index (χ0) is 15.5. The van der Waals surface area contributed by atoms with E-state index in [4.69, 9.17) is 16.3 Å². The van der Waals surface area contributed by atoms with E-state index in [0.29, 0.717) is 22.4 Å². The molecule has 6 nitrogen and oxygen atoms in total. The number of urea groups is 1. The van der Waals surface area contributed by atoms with Crippen LogP contribution in [0.3, 0.4) is 0 Å². The van der Waals surface area contributed by atoms with Gasteiger partial charge in [-0.3, -0.25) is 5.32 Å². The highest BCUT2D eigenvalue weighted by Gasteiger charge is 2.08. The number of amides is 2. The van der Waals surface area contributed by atoms with Crippen molar-refractivity contribution in [3.8, 4) is 5.75 Å². The van der Waals surface area contributed by atoms with Gasteiger partial charge in [0.1, 0.15) is 5.75 Å². The average Bonchev–Trinajstić information content (AvgIpc) is 2.89. The molecule has 0 spiro atoms. The molecule has 1 aromatic heterocycles. The van der Waals surface area contributed by atoms with E-state index in [9.17, 15) is 4.79 Å². The summed E-state index contributed by atoms with van der Waals surface area (Å²) < 4.78 is 5.06. The molecule has 22 heavy (non-hydrogen) atoms. The molecule has 0 atom stereocenters. The van der Waals surface area contributed by atoms with Crippen LogP contribution in [0.2, 0.25) is 5.02 Å². The first-order valence-corrected chi connectivity index (χ1v) is 6.90. The van der Waals surface area contributed by atoms with Gasteiger partial charge in [-0.2, -0.15) is 0 Å². The number of benzene rings is 2. The van der Waals surface area contributed by atoms with Crippen molar-refractivity contribution in [3.05, 3.63) is 47.5 Å². The number of ether oxygens (including phenoxy) is 1. The lowest BCUT2D eigenvalue weighted by Crippen LogP contribution is -2.20. The fraction of sp³-hybridized carbons (Fsp3) is 0.0667. The van der Waals surface area contributed by atoms with Crippen LogP contribution in [0.25, 0.3) is 11.0 Å². The Morgan fingerprint density at radius 1 is 1.23 bits per heavy atom. The molecule has 0 saturated carbocycles. The van der Waals surface area contributed by atoms with Crippen molar-refractivity contribution in [3.63, 3.8) is 0 Å². The fourth-order valence-electron chi connectivity index (χ4n) is 2.03. The molecule has 3 aromatic rings. The van der Waals surface area contributed by atoms with Crippen molar-refractivity contribution in [2.24, 2.45) is 0 Å². The molecule has 0 radical (unpaired) electrons. The first-order valence-electron chi connectivity index (χ1n) is 6.52. The lowest BCUT2D eigenvalue weighted by Gasteiger charge is -2.08. The predicted octanol–water partition coefficient (Wildman–Crippen LogP) is 3.87. The summed E-state index contributed by atoms with van der Waals surface area (Å²) in [4.78, 5) is 19.2. The summed E-state index contributed by atoms with van der Waals surface area (Å²) in [6.07, 6.45) is 0. The maximum absolute atomic E-state index is 12.0. The number of halogens is 1. The number of fused-ring (bicyclic) bond motifs is 1. The number of imidazole rings is 1. The third-order valence-corrected chi connectivity index (χ3v) is 3.33. The Morgan fingerprint density at radius 2 is 2.05 bits per heavy atom. The Labute approximate surface area is 131 Å². The van der Waals surface area contributed by atoms with Gasteiger partial charge in [0.25, 0.3) is 0 Å². The number of anilines is 2. The molecule has 3 rings (SSSR count). The van der Waals surface area contributed by atoms with E-state index in [0.717, 1.165) is 11.0 Å². The highest BCUT2D eigenvalue weighted by molar-refractivity contribution is 6.32. The average molecular weight is 317 g/mol. The number of nitrogens with one attached hydrogen (secondary N) is 3. The standard InChI is InChI=1S/C15H13ClN4O2/c1-22-13-7-6-9(8-10(13)16)17-15(21)20-14-18-11-4-2-3-5-12(11)19-14/h2-8H,1H3,(H3,17,18,19,20,21). The second-order valence-electron chi connectivity index (χ2n) is 4.53. The van der Waals surface area contributed by atoms with E-state index in [1.54, 1.807) is 18.2 Å². The minimum absolute atomic E-state index is 0.373. The van der Waals surface area contributed by atoms with Crippen molar-refractivity contribution in [2.75, 3.05) is 17.7 Å². The summed E-state index contributed by atoms with van der Waals surface area (Å²) in [5.41, 5.74) is 2.19. The Bertz CT molecular complexity index is 798. The van der Waals surface area contributed by atoms with Crippen molar-refractivity contribution in [2.45, 2.75) is 0 Å². The van der Waals surface area contributed by atoms with Gasteiger partial charge in [-0.05, 0) is 30.3 Å². The third-order valence-electron chi connectivity index (χ3n) is 3.03. The van der Waals surface area contributed by atoms with Crippen LogP contribution in [-0.2, 0) is 0 Å². The molecule has 3 N–H and O–H groups in total. The monoisotopic (exact) mass is 316 g/mol. The van der Waals surface area contributed by atoms with Crippen LogP contribution in [0.5, 0.6) is 5.75 Å². The lowest BCUT2D eigenvalue weighted by atomic mass is 10.3. The Morgan fingerprint density at radius 3 is 2.77 bits per heavy atom. The number of nitrogens with zero attached hydrogens (tertiary/aromatic N) is 1. The maximum Gasteiger partial charge on any atom is 0.326 e. The molecule has 2 amide bonds. The summed E-state index contributed by atoms with van der Waals surface area (Å²) in [7, 11) is 1.53. The quantitative estimate of drug-likeness (QED) is 0.686. The minimum Gasteiger partial charge on any atom is -0.495 e. The van der Waals surface area contributed by atoms with Gasteiger partial charge in [0, 0.05) is 5.69 Å². The third kappa shape index (κ3) is 2.96. The van der Waals surface area contributed by atoms with E-state index in [1.807, 2.05) is 24.3 Å². The zero-order valence-electron chi connectivity index (χ0n) is 11.7. The SMILES string of the molecule is COc1ccc(NC(=O)Nc2nc3ccccc3[nH]2)cc1Cl. The van der Waals surface area contributed by atoms with Crippen LogP contribution in [-0.4, -0.2) is 23.1 Å². The number of hydrogen-bond donors (Lipinski definition) is 3. The molecular formula is C15H13ClN4O2. The Balaban J connectivity index is 1.70. The molecule has 7 heteroatoms. The number of H-pyrrole nitrogens is 1. The van der Waals surface area contributed by atoms with Crippen molar-refractivity contribution in [1.29, 1.82) is 0 Å². The normalized spacial score (nSPS) is 10.5. The first kappa shape index (κ1) is 14.2. The summed E-state index contributed by atoms with van der Waals surface area (Å²) in [5.74, 6) is 0.920. The van der Waals surface area contributed by atoms with Crippen LogP contribution in [0.4, 0.5) is 16.4 Å². The molecule has 0 fully saturated rings. The molecule has 0 aliphatic rings. The number of aromatic nitrogens is 2. The van der Waals surface area contributed by atoms with Gasteiger partial charge < -0.3 is 15.0 Å². The summed E-state index contributed by atoms with van der Waals surface area (Å²) in [5, 5.41) is 5.73. The lowest BCUT2D eigenvalue weighted by molar-refractivity contribution is 0.262. The molecule has 1 heterocycles. The maximum atomic E-state index is 12.0. The van der Waals surface area contributed by atoms with Gasteiger partial charge in [-0.25, -0.2) is 9.78 Å². The molecule has 2 aromatic carbocycles. The summed E-state index contributed by atoms with van der Waals surface area (Å²) >= 11 is 6.01. The number of carbonyl (C=O) groups excluding carboxylic acids is 1. The number of rotatable bonds is 3. The number of para-hydroxylation sites is 2. The Hall–Kier alpha value is -2.73. The molecule has 0 saturated heterocycles. The summed E-state index contributed by atoms with van der Waals surface area (Å²) in [6, 6.07) is 12.1. The van der Waals surface area contributed by atoms with Gasteiger partial charge in [-0.15, -0.1) is 0 Å². The second-order valence-corrected chi connectivity index (χ2v) is 4.94. The minimum atomic E-state index is -0.416. The van der Waals surface area contributed by atoms with Gasteiger partial charge >= 0.3 is 6.03 Å². The number of aromatic amines is 1. The van der Waals surface area contributed by atoms with Gasteiger partial charge in [0.15, 0.2) is 0 Å². The van der Waals surface area contributed by atoms with Crippen molar-refractivity contribution >= 4 is 40.3 Å². The molecule has 0 aliphatic heterocycles. The van der Waals surface area contributed by atoms with Crippen molar-refractivity contribution < 1.29 is 9.53 Å². The second kappa shape index (κ2) is 5.95.